The number of fused-ring (bicyclic) bond motifs is 1. The SMILES string of the molecule is COc1ccc(S(=O)(=O)c2cc3cc(C(C)(C)C)cc(C(C)(C)C)c3oc2=O)cc1. The molecule has 6 heteroatoms. The van der Waals surface area contributed by atoms with Gasteiger partial charge >= 0.3 is 5.63 Å². The standard InChI is InChI=1S/C24H28O5S/c1-23(2,3)16-12-15-13-20(22(25)29-21(15)19(14-16)24(4,5)6)30(26,27)18-10-8-17(28-7)9-11-18/h8-14H,1-7H3. The van der Waals surface area contributed by atoms with E-state index in [-0.39, 0.29) is 20.6 Å². The van der Waals surface area contributed by atoms with Crippen LogP contribution in [0, 0.1) is 0 Å². The van der Waals surface area contributed by atoms with E-state index in [0.717, 1.165) is 11.1 Å². The van der Waals surface area contributed by atoms with Crippen molar-refractivity contribution in [2.75, 3.05) is 7.11 Å². The molecule has 0 saturated heterocycles. The van der Waals surface area contributed by atoms with Crippen molar-refractivity contribution in [1.29, 1.82) is 0 Å². The Labute approximate surface area is 177 Å². The Morgan fingerprint density at radius 3 is 1.97 bits per heavy atom. The third kappa shape index (κ3) is 4.01. The summed E-state index contributed by atoms with van der Waals surface area (Å²) in [7, 11) is -2.54. The van der Waals surface area contributed by atoms with Gasteiger partial charge in [-0.05, 0) is 52.8 Å². The normalized spacial score (nSPS) is 12.9. The van der Waals surface area contributed by atoms with E-state index in [1.807, 2.05) is 32.9 Å². The van der Waals surface area contributed by atoms with Gasteiger partial charge in [0.25, 0.3) is 0 Å². The molecule has 0 saturated carbocycles. The Morgan fingerprint density at radius 1 is 0.867 bits per heavy atom. The van der Waals surface area contributed by atoms with E-state index in [1.54, 1.807) is 12.1 Å². The molecule has 0 unspecified atom stereocenters. The minimum atomic E-state index is -4.04. The zero-order valence-electron chi connectivity index (χ0n) is 18.5. The summed E-state index contributed by atoms with van der Waals surface area (Å²) < 4.78 is 37.0. The molecule has 30 heavy (non-hydrogen) atoms. The second-order valence-electron chi connectivity index (χ2n) is 9.52. The molecule has 0 amide bonds. The maximum absolute atomic E-state index is 13.2. The number of methoxy groups -OCH3 is 1. The van der Waals surface area contributed by atoms with Gasteiger partial charge in [0.15, 0.2) is 4.90 Å². The number of ether oxygens (including phenoxy) is 1. The molecule has 160 valence electrons. The third-order valence-corrected chi connectivity index (χ3v) is 6.89. The lowest BCUT2D eigenvalue weighted by molar-refractivity contribution is 0.414. The molecule has 0 spiro atoms. The van der Waals surface area contributed by atoms with Gasteiger partial charge in [0.05, 0.1) is 12.0 Å². The van der Waals surface area contributed by atoms with Gasteiger partial charge in [-0.3, -0.25) is 0 Å². The summed E-state index contributed by atoms with van der Waals surface area (Å²) in [5.41, 5.74) is 1.03. The number of hydrogen-bond donors (Lipinski definition) is 0. The minimum Gasteiger partial charge on any atom is -0.497 e. The average Bonchev–Trinajstić information content (AvgIpc) is 2.65. The van der Waals surface area contributed by atoms with Crippen molar-refractivity contribution in [3.05, 3.63) is 64.0 Å². The number of rotatable bonds is 3. The average molecular weight is 429 g/mol. The molecule has 5 nitrogen and oxygen atoms in total. The van der Waals surface area contributed by atoms with Crippen molar-refractivity contribution in [1.82, 2.24) is 0 Å². The second-order valence-corrected chi connectivity index (χ2v) is 11.4. The van der Waals surface area contributed by atoms with Crippen LogP contribution in [0.5, 0.6) is 5.75 Å². The van der Waals surface area contributed by atoms with Crippen molar-refractivity contribution in [2.24, 2.45) is 0 Å². The second kappa shape index (κ2) is 7.27. The number of sulfone groups is 1. The monoisotopic (exact) mass is 428 g/mol. The predicted octanol–water partition coefficient (Wildman–Crippen LogP) is 5.23. The molecule has 0 aliphatic rings. The van der Waals surface area contributed by atoms with Crippen LogP contribution >= 0.6 is 0 Å². The molecule has 3 aromatic rings. The van der Waals surface area contributed by atoms with Crippen molar-refractivity contribution in [3.63, 3.8) is 0 Å². The van der Waals surface area contributed by atoms with E-state index in [9.17, 15) is 13.2 Å². The Balaban J connectivity index is 2.32. The number of hydrogen-bond acceptors (Lipinski definition) is 5. The molecule has 0 aliphatic carbocycles. The van der Waals surface area contributed by atoms with Crippen molar-refractivity contribution >= 4 is 20.8 Å². The lowest BCUT2D eigenvalue weighted by atomic mass is 9.79. The zero-order chi connectivity index (χ0) is 22.5. The van der Waals surface area contributed by atoms with E-state index in [2.05, 4.69) is 20.8 Å². The fraction of sp³-hybridized carbons (Fsp3) is 0.375. The van der Waals surface area contributed by atoms with E-state index in [0.29, 0.717) is 16.7 Å². The highest BCUT2D eigenvalue weighted by atomic mass is 32.2. The van der Waals surface area contributed by atoms with Crippen molar-refractivity contribution < 1.29 is 17.6 Å². The molecule has 3 rings (SSSR count). The van der Waals surface area contributed by atoms with Crippen LogP contribution in [0.1, 0.15) is 52.7 Å². The minimum absolute atomic E-state index is 0.0120. The topological polar surface area (TPSA) is 73.6 Å². The first-order valence-electron chi connectivity index (χ1n) is 9.77. The Kier molecular flexibility index (Phi) is 5.35. The molecule has 0 fully saturated rings. The summed E-state index contributed by atoms with van der Waals surface area (Å²) in [5, 5.41) is 0.596. The molecular weight excluding hydrogens is 400 g/mol. The Morgan fingerprint density at radius 2 is 1.47 bits per heavy atom. The zero-order valence-corrected chi connectivity index (χ0v) is 19.3. The highest BCUT2D eigenvalue weighted by Gasteiger charge is 2.28. The first-order valence-corrected chi connectivity index (χ1v) is 11.3. The largest absolute Gasteiger partial charge is 0.497 e. The molecule has 0 N–H and O–H groups in total. The van der Waals surface area contributed by atoms with Gasteiger partial charge in [-0.1, -0.05) is 47.6 Å². The highest BCUT2D eigenvalue weighted by Crippen LogP contribution is 2.35. The van der Waals surface area contributed by atoms with Gasteiger partial charge in [-0.15, -0.1) is 0 Å². The molecule has 0 bridgehead atoms. The van der Waals surface area contributed by atoms with Crippen molar-refractivity contribution in [3.8, 4) is 5.75 Å². The van der Waals surface area contributed by atoms with Crippen LogP contribution in [-0.2, 0) is 20.7 Å². The molecule has 1 heterocycles. The first kappa shape index (κ1) is 22.1. The van der Waals surface area contributed by atoms with Gasteiger partial charge in [0, 0.05) is 10.9 Å². The first-order chi connectivity index (χ1) is 13.7. The van der Waals surface area contributed by atoms with Crippen LogP contribution < -0.4 is 10.4 Å². The predicted molar refractivity (Wildman–Crippen MR) is 118 cm³/mol. The van der Waals surface area contributed by atoms with Crippen LogP contribution in [0.3, 0.4) is 0 Å². The molecule has 0 atom stereocenters. The van der Waals surface area contributed by atoms with Crippen LogP contribution in [0.15, 0.2) is 61.5 Å². The maximum atomic E-state index is 13.2. The smallest absolute Gasteiger partial charge is 0.355 e. The molecule has 0 radical (unpaired) electrons. The molecule has 0 aliphatic heterocycles. The van der Waals surface area contributed by atoms with Crippen LogP contribution in [0.4, 0.5) is 0 Å². The van der Waals surface area contributed by atoms with E-state index < -0.39 is 15.5 Å². The summed E-state index contributed by atoms with van der Waals surface area (Å²) in [6.45, 7) is 12.4. The fourth-order valence-corrected chi connectivity index (χ4v) is 4.57. The summed E-state index contributed by atoms with van der Waals surface area (Å²) in [6, 6.07) is 11.3. The molecule has 2 aromatic carbocycles. The molecular formula is C24H28O5S. The van der Waals surface area contributed by atoms with Crippen LogP contribution in [0.25, 0.3) is 11.0 Å². The van der Waals surface area contributed by atoms with E-state index in [4.69, 9.17) is 9.15 Å². The summed E-state index contributed by atoms with van der Waals surface area (Å²) in [4.78, 5) is 12.4. The summed E-state index contributed by atoms with van der Waals surface area (Å²) >= 11 is 0. The van der Waals surface area contributed by atoms with Gasteiger partial charge < -0.3 is 9.15 Å². The maximum Gasteiger partial charge on any atom is 0.355 e. The molecule has 1 aromatic heterocycles. The van der Waals surface area contributed by atoms with E-state index in [1.165, 1.54) is 25.3 Å². The Hall–Kier alpha value is -2.60. The third-order valence-electron chi connectivity index (χ3n) is 5.13. The highest BCUT2D eigenvalue weighted by molar-refractivity contribution is 7.91. The lowest BCUT2D eigenvalue weighted by Gasteiger charge is -2.26. The van der Waals surface area contributed by atoms with Crippen LogP contribution in [0.2, 0.25) is 0 Å². The quantitative estimate of drug-likeness (QED) is 0.534. The summed E-state index contributed by atoms with van der Waals surface area (Å²) in [6.07, 6.45) is 0. The van der Waals surface area contributed by atoms with Gasteiger partial charge in [0.1, 0.15) is 11.3 Å². The fourth-order valence-electron chi connectivity index (χ4n) is 3.27. The number of benzene rings is 2. The van der Waals surface area contributed by atoms with Crippen molar-refractivity contribution in [2.45, 2.75) is 62.2 Å². The Bertz CT molecular complexity index is 1250. The van der Waals surface area contributed by atoms with E-state index >= 15 is 0 Å². The van der Waals surface area contributed by atoms with Gasteiger partial charge in [0.2, 0.25) is 9.84 Å². The van der Waals surface area contributed by atoms with Gasteiger partial charge in [-0.25, -0.2) is 13.2 Å². The van der Waals surface area contributed by atoms with Gasteiger partial charge in [-0.2, -0.15) is 0 Å². The summed E-state index contributed by atoms with van der Waals surface area (Å²) in [5.74, 6) is 0.532. The lowest BCUT2D eigenvalue weighted by Crippen LogP contribution is -2.19. The van der Waals surface area contributed by atoms with Crippen LogP contribution in [-0.4, -0.2) is 15.5 Å².